The summed E-state index contributed by atoms with van der Waals surface area (Å²) in [6.07, 6.45) is 6.14. The minimum atomic E-state index is -1.18. The van der Waals surface area contributed by atoms with E-state index in [9.17, 15) is 29.9 Å². The van der Waals surface area contributed by atoms with Crippen LogP contribution in [0.15, 0.2) is 35.4 Å². The largest absolute Gasteiger partial charge is 0.481 e. The number of fused-ring (bicyclic) bond motifs is 7. The third kappa shape index (κ3) is 5.67. The number of carbonyl (C=O) groups is 3. The molecular weight excluding hydrogens is 705 g/mol. The molecule has 10 nitrogen and oxygen atoms in total. The van der Waals surface area contributed by atoms with E-state index < -0.39 is 28.9 Å². The molecule has 1 aromatic heterocycles. The van der Waals surface area contributed by atoms with Gasteiger partial charge >= 0.3 is 11.9 Å². The predicted octanol–water partition coefficient (Wildman–Crippen LogP) is 8.78. The first-order chi connectivity index (χ1) is 26.1. The van der Waals surface area contributed by atoms with Crippen molar-refractivity contribution < 1.29 is 29.3 Å². The highest BCUT2D eigenvalue weighted by Gasteiger charge is 2.71. The number of ether oxygens (including phenoxy) is 1. The minimum absolute atomic E-state index is 0.0162. The first kappa shape index (κ1) is 40.4. The summed E-state index contributed by atoms with van der Waals surface area (Å²) in [6.45, 7) is 19.4. The number of hydrogen-bond donors (Lipinski definition) is 2. The number of allylic oxidation sites excluding steroid dienone is 1. The Labute approximate surface area is 332 Å². The molecule has 0 aliphatic heterocycles. The highest BCUT2D eigenvalue weighted by atomic mass is 16.5. The number of aliphatic hydroxyl groups excluding tert-OH is 1. The maximum Gasteiger partial charge on any atom is 0.309 e. The molecule has 56 heavy (non-hydrogen) atoms. The number of esters is 1. The Morgan fingerprint density at radius 3 is 2.27 bits per heavy atom. The van der Waals surface area contributed by atoms with Gasteiger partial charge in [-0.1, -0.05) is 48.5 Å². The first-order valence-corrected chi connectivity index (χ1v) is 20.9. The Morgan fingerprint density at radius 1 is 0.964 bits per heavy atom. The van der Waals surface area contributed by atoms with Crippen molar-refractivity contribution >= 4 is 17.7 Å². The van der Waals surface area contributed by atoms with Crippen LogP contribution in [0.2, 0.25) is 0 Å². The summed E-state index contributed by atoms with van der Waals surface area (Å²) in [5, 5.41) is 40.7. The number of rotatable bonds is 8. The maximum absolute atomic E-state index is 14.3. The molecule has 4 saturated carbocycles. The lowest BCUT2D eigenvalue weighted by Crippen LogP contribution is -2.66. The number of aliphatic carboxylic acids is 1. The van der Waals surface area contributed by atoms with E-state index in [2.05, 4.69) is 64.7 Å². The SMILES string of the molecule is CC(C)C1=C2[C@H]3CC[C@@H]4[C@@]5(C)CC[C@H](OC(=O)CC(C)(C)C(=O)O)C(C)(C)[C@@H]5CC[C@@]4(C)[C@]3(C)CC[C@@]2([C@@H](O)c2nnc(-c3ccc(C#N)cc3)n2C)CC1=O. The van der Waals surface area contributed by atoms with Crippen molar-refractivity contribution in [1.82, 2.24) is 14.8 Å². The molecule has 7 rings (SSSR count). The summed E-state index contributed by atoms with van der Waals surface area (Å²) < 4.78 is 8.03. The topological polar surface area (TPSA) is 155 Å². The van der Waals surface area contributed by atoms with Crippen molar-refractivity contribution in [2.75, 3.05) is 0 Å². The van der Waals surface area contributed by atoms with Crippen LogP contribution >= 0.6 is 0 Å². The summed E-state index contributed by atoms with van der Waals surface area (Å²) in [5.74, 6) is 0.711. The van der Waals surface area contributed by atoms with Crippen molar-refractivity contribution in [3.8, 4) is 17.5 Å². The normalized spacial score (nSPS) is 35.5. The van der Waals surface area contributed by atoms with Gasteiger partial charge in [0, 0.05) is 29.9 Å². The number of aliphatic hydroxyl groups is 1. The summed E-state index contributed by atoms with van der Waals surface area (Å²) in [5.41, 5.74) is 1.13. The monoisotopic (exact) mass is 766 g/mol. The zero-order valence-electron chi connectivity index (χ0n) is 35.2. The lowest BCUT2D eigenvalue weighted by atomic mass is 9.33. The van der Waals surface area contributed by atoms with Crippen molar-refractivity contribution in [2.24, 2.45) is 63.2 Å². The summed E-state index contributed by atoms with van der Waals surface area (Å²) in [4.78, 5) is 39.2. The van der Waals surface area contributed by atoms with Crippen LogP contribution in [0.3, 0.4) is 0 Å². The van der Waals surface area contributed by atoms with Gasteiger partial charge in [-0.3, -0.25) is 14.4 Å². The van der Waals surface area contributed by atoms with Gasteiger partial charge in [0.1, 0.15) is 12.2 Å². The van der Waals surface area contributed by atoms with E-state index in [0.717, 1.165) is 56.1 Å². The van der Waals surface area contributed by atoms with Crippen LogP contribution in [-0.2, 0) is 26.2 Å². The Kier molecular flexibility index (Phi) is 9.63. The van der Waals surface area contributed by atoms with Crippen LogP contribution in [0.5, 0.6) is 0 Å². The van der Waals surface area contributed by atoms with E-state index in [1.54, 1.807) is 26.0 Å². The fourth-order valence-electron chi connectivity index (χ4n) is 13.6. The quantitative estimate of drug-likeness (QED) is 0.251. The lowest BCUT2D eigenvalue weighted by Gasteiger charge is -2.72. The van der Waals surface area contributed by atoms with Crippen LogP contribution < -0.4 is 0 Å². The summed E-state index contributed by atoms with van der Waals surface area (Å²) >= 11 is 0. The fraction of sp³-hybridized carbons (Fsp3) is 0.696. The van der Waals surface area contributed by atoms with Crippen LogP contribution in [-0.4, -0.2) is 48.8 Å². The number of benzene rings is 1. The highest BCUT2D eigenvalue weighted by molar-refractivity contribution is 6.00. The third-order valence-corrected chi connectivity index (χ3v) is 16.8. The Hall–Kier alpha value is -3.84. The average Bonchev–Trinajstić information content (AvgIpc) is 3.66. The number of carboxylic acids is 1. The molecule has 302 valence electrons. The van der Waals surface area contributed by atoms with Gasteiger partial charge in [-0.25, -0.2) is 0 Å². The molecule has 9 atom stereocenters. The predicted molar refractivity (Wildman–Crippen MR) is 211 cm³/mol. The van der Waals surface area contributed by atoms with E-state index in [1.165, 1.54) is 5.57 Å². The Balaban J connectivity index is 1.20. The smallest absolute Gasteiger partial charge is 0.309 e. The molecule has 0 spiro atoms. The van der Waals surface area contributed by atoms with Crippen molar-refractivity contribution in [3.63, 3.8) is 0 Å². The van der Waals surface area contributed by atoms with Crippen molar-refractivity contribution in [2.45, 2.75) is 139 Å². The molecule has 1 heterocycles. The fourth-order valence-corrected chi connectivity index (χ4v) is 13.6. The maximum atomic E-state index is 14.3. The van der Waals surface area contributed by atoms with Crippen LogP contribution in [0.25, 0.3) is 11.4 Å². The van der Waals surface area contributed by atoms with Gasteiger partial charge in [0.05, 0.1) is 23.5 Å². The Bertz CT molecular complexity index is 2020. The van der Waals surface area contributed by atoms with Crippen molar-refractivity contribution in [1.29, 1.82) is 5.26 Å². The second-order valence-electron chi connectivity index (χ2n) is 20.6. The second kappa shape index (κ2) is 13.4. The minimum Gasteiger partial charge on any atom is -0.481 e. The average molecular weight is 767 g/mol. The van der Waals surface area contributed by atoms with Gasteiger partial charge in [-0.15, -0.1) is 10.2 Å². The third-order valence-electron chi connectivity index (χ3n) is 16.8. The number of carbonyl (C=O) groups excluding carboxylic acids is 2. The number of aromatic nitrogens is 3. The molecule has 5 aliphatic carbocycles. The molecule has 2 N–H and O–H groups in total. The van der Waals surface area contributed by atoms with Gasteiger partial charge in [-0.05, 0) is 141 Å². The lowest BCUT2D eigenvalue weighted by molar-refractivity contribution is -0.235. The van der Waals surface area contributed by atoms with E-state index in [4.69, 9.17) is 4.74 Å². The zero-order chi connectivity index (χ0) is 41.0. The first-order valence-electron chi connectivity index (χ1n) is 20.9. The number of carboxylic acid groups (broad SMARTS) is 1. The Morgan fingerprint density at radius 2 is 1.64 bits per heavy atom. The standard InChI is InChI=1S/C46H62N4O6/c1-26(2)35-30(51)23-46(37(53)39-49-48-38(50(39)10)28-13-11-27(25-47)12-14-28)22-21-44(8)29(36(35)46)15-16-32-43(7)19-18-33(56-34(52)24-41(3,4)40(54)55)42(5,6)31(43)17-20-45(32,44)9/h11-14,26,29,31-33,37,53H,15-24H2,1-10H3,(H,54,55)/t29-,31+,32-,33+,37+,43+,44-,45-,46-/m1/s1. The summed E-state index contributed by atoms with van der Waals surface area (Å²) in [7, 11) is 1.87. The number of ketones is 1. The molecule has 10 heteroatoms. The number of Topliss-reactive ketones (excluding diaryl/α,β-unsaturated/α-hetero) is 1. The molecule has 0 bridgehead atoms. The molecular formula is C46H62N4O6. The molecule has 0 amide bonds. The molecule has 4 fully saturated rings. The number of nitrogens with zero attached hydrogens (tertiary/aromatic N) is 4. The highest BCUT2D eigenvalue weighted by Crippen LogP contribution is 2.77. The number of hydrogen-bond acceptors (Lipinski definition) is 8. The molecule has 0 radical (unpaired) electrons. The van der Waals surface area contributed by atoms with Crippen LogP contribution in [0, 0.1) is 67.5 Å². The second-order valence-corrected chi connectivity index (χ2v) is 20.6. The molecule has 5 aliphatic rings. The van der Waals surface area contributed by atoms with E-state index in [0.29, 0.717) is 35.5 Å². The van der Waals surface area contributed by atoms with Gasteiger partial charge in [0.25, 0.3) is 0 Å². The number of nitriles is 1. The molecule has 0 saturated heterocycles. The van der Waals surface area contributed by atoms with E-state index in [-0.39, 0.29) is 58.2 Å². The van der Waals surface area contributed by atoms with Gasteiger partial charge in [-0.2, -0.15) is 5.26 Å². The molecule has 1 aromatic carbocycles. The van der Waals surface area contributed by atoms with Crippen LogP contribution in [0.1, 0.15) is 144 Å². The molecule has 2 aromatic rings. The van der Waals surface area contributed by atoms with Crippen molar-refractivity contribution in [3.05, 3.63) is 46.8 Å². The summed E-state index contributed by atoms with van der Waals surface area (Å²) in [6, 6.07) is 9.37. The van der Waals surface area contributed by atoms with Gasteiger partial charge in [0.2, 0.25) is 0 Å². The van der Waals surface area contributed by atoms with E-state index >= 15 is 0 Å². The van der Waals surface area contributed by atoms with E-state index in [1.807, 2.05) is 23.7 Å². The van der Waals surface area contributed by atoms with Crippen LogP contribution in [0.4, 0.5) is 0 Å². The van der Waals surface area contributed by atoms with Gasteiger partial charge < -0.3 is 19.5 Å². The zero-order valence-corrected chi connectivity index (χ0v) is 35.2. The molecule has 0 unspecified atom stereocenters. The van der Waals surface area contributed by atoms with Gasteiger partial charge in [0.15, 0.2) is 17.4 Å².